The van der Waals surface area contributed by atoms with Crippen LogP contribution in [-0.2, 0) is 13.6 Å². The molecule has 0 aliphatic heterocycles. The molecule has 8 heteroatoms. The Hall–Kier alpha value is -3.94. The molecule has 0 radical (unpaired) electrons. The molecule has 0 bridgehead atoms. The van der Waals surface area contributed by atoms with Crippen LogP contribution in [0, 0.1) is 13.8 Å². The van der Waals surface area contributed by atoms with Crippen LogP contribution in [0.1, 0.15) is 40.7 Å². The van der Waals surface area contributed by atoms with E-state index in [-0.39, 0.29) is 12.5 Å². The van der Waals surface area contributed by atoms with Crippen molar-refractivity contribution >= 4 is 16.9 Å². The highest BCUT2D eigenvalue weighted by Crippen LogP contribution is 2.26. The molecule has 0 fully saturated rings. The topological polar surface area (TPSA) is 91.2 Å². The van der Waals surface area contributed by atoms with Crippen molar-refractivity contribution in [1.29, 1.82) is 0 Å². The maximum absolute atomic E-state index is 13.1. The Labute approximate surface area is 192 Å². The molecule has 0 saturated carbocycles. The molecule has 1 N–H and O–H groups in total. The summed E-state index contributed by atoms with van der Waals surface area (Å²) in [6.45, 7) is 6.75. The Morgan fingerprint density at radius 1 is 1.12 bits per heavy atom. The maximum Gasteiger partial charge on any atom is 0.252 e. The minimum atomic E-state index is -0.200. The van der Waals surface area contributed by atoms with E-state index in [9.17, 15) is 4.79 Å². The molecule has 1 amide bonds. The normalized spacial score (nSPS) is 10.9. The number of nitrogens with zero attached hydrogens (tertiary/aromatic N) is 4. The van der Waals surface area contributed by atoms with E-state index in [2.05, 4.69) is 27.3 Å². The zero-order chi connectivity index (χ0) is 23.4. The highest BCUT2D eigenvalue weighted by molar-refractivity contribution is 6.06. The number of nitrogens with one attached hydrogen (secondary N) is 1. The van der Waals surface area contributed by atoms with Crippen molar-refractivity contribution in [3.63, 3.8) is 0 Å². The van der Waals surface area contributed by atoms with E-state index in [1.807, 2.05) is 57.3 Å². The van der Waals surface area contributed by atoms with E-state index in [1.54, 1.807) is 16.9 Å². The molecular formula is C25H27N5O3. The number of hydrogen-bond acceptors (Lipinski definition) is 6. The summed E-state index contributed by atoms with van der Waals surface area (Å²) >= 11 is 0. The minimum Gasteiger partial charge on any atom is -0.494 e. The number of carbonyl (C=O) groups is 1. The summed E-state index contributed by atoms with van der Waals surface area (Å²) < 4.78 is 13.3. The van der Waals surface area contributed by atoms with Gasteiger partial charge in [0.25, 0.3) is 5.91 Å². The highest BCUT2D eigenvalue weighted by Gasteiger charge is 2.18. The smallest absolute Gasteiger partial charge is 0.252 e. The summed E-state index contributed by atoms with van der Waals surface area (Å²) in [5.74, 6) is 1.67. The number of ether oxygens (including phenoxy) is 2. The molecule has 3 heterocycles. The first kappa shape index (κ1) is 22.3. The number of amides is 1. The molecule has 3 aromatic heterocycles. The summed E-state index contributed by atoms with van der Waals surface area (Å²) in [7, 11) is 1.82. The Balaban J connectivity index is 1.50. The van der Waals surface area contributed by atoms with Crippen molar-refractivity contribution in [2.75, 3.05) is 6.61 Å². The van der Waals surface area contributed by atoms with Gasteiger partial charge in [-0.2, -0.15) is 5.10 Å². The number of rotatable bonds is 8. The zero-order valence-electron chi connectivity index (χ0n) is 19.3. The van der Waals surface area contributed by atoms with E-state index in [0.29, 0.717) is 29.4 Å². The third kappa shape index (κ3) is 4.95. The first-order valence-electron chi connectivity index (χ1n) is 10.9. The van der Waals surface area contributed by atoms with Gasteiger partial charge in [0.2, 0.25) is 5.88 Å². The maximum atomic E-state index is 13.1. The monoisotopic (exact) mass is 445 g/mol. The number of benzene rings is 1. The number of hydrogen-bond donors (Lipinski definition) is 1. The Bertz CT molecular complexity index is 1280. The third-order valence-corrected chi connectivity index (χ3v) is 5.14. The molecule has 4 rings (SSSR count). The molecule has 8 nitrogen and oxygen atoms in total. The second-order valence-electron chi connectivity index (χ2n) is 7.79. The second kappa shape index (κ2) is 9.68. The molecule has 0 atom stereocenters. The summed E-state index contributed by atoms with van der Waals surface area (Å²) in [6, 6.07) is 12.9. The number of aromatic nitrogens is 4. The van der Waals surface area contributed by atoms with Crippen LogP contribution in [-0.4, -0.2) is 32.3 Å². The van der Waals surface area contributed by atoms with Crippen molar-refractivity contribution in [3.05, 3.63) is 71.2 Å². The van der Waals surface area contributed by atoms with E-state index in [1.165, 1.54) is 0 Å². The van der Waals surface area contributed by atoms with Crippen LogP contribution in [0.5, 0.6) is 17.4 Å². The first-order chi connectivity index (χ1) is 16.0. The van der Waals surface area contributed by atoms with Crippen LogP contribution >= 0.6 is 0 Å². The molecule has 4 aromatic rings. The van der Waals surface area contributed by atoms with Gasteiger partial charge >= 0.3 is 0 Å². The van der Waals surface area contributed by atoms with E-state index >= 15 is 0 Å². The lowest BCUT2D eigenvalue weighted by atomic mass is 10.1. The highest BCUT2D eigenvalue weighted by atomic mass is 16.5. The molecule has 0 aliphatic rings. The lowest BCUT2D eigenvalue weighted by Crippen LogP contribution is -2.23. The zero-order valence-corrected chi connectivity index (χ0v) is 19.3. The molecule has 1 aromatic carbocycles. The largest absolute Gasteiger partial charge is 0.494 e. The van der Waals surface area contributed by atoms with Crippen molar-refractivity contribution in [3.8, 4) is 17.4 Å². The predicted octanol–water partition coefficient (Wildman–Crippen LogP) is 4.49. The van der Waals surface area contributed by atoms with Crippen molar-refractivity contribution < 1.29 is 14.3 Å². The van der Waals surface area contributed by atoms with E-state index in [0.717, 1.165) is 34.5 Å². The Kier molecular flexibility index (Phi) is 6.53. The molecule has 0 aliphatic carbocycles. The average Bonchev–Trinajstić information content (AvgIpc) is 3.10. The van der Waals surface area contributed by atoms with Crippen LogP contribution in [0.15, 0.2) is 48.7 Å². The van der Waals surface area contributed by atoms with Gasteiger partial charge in [-0.15, -0.1) is 0 Å². The summed E-state index contributed by atoms with van der Waals surface area (Å²) in [5, 5.41) is 8.16. The van der Waals surface area contributed by atoms with Gasteiger partial charge < -0.3 is 14.8 Å². The van der Waals surface area contributed by atoms with Gasteiger partial charge in [-0.25, -0.2) is 9.97 Å². The van der Waals surface area contributed by atoms with Crippen molar-refractivity contribution in [2.45, 2.75) is 33.7 Å². The van der Waals surface area contributed by atoms with E-state index < -0.39 is 0 Å². The molecule has 0 unspecified atom stereocenters. The van der Waals surface area contributed by atoms with Gasteiger partial charge in [0.05, 0.1) is 23.3 Å². The van der Waals surface area contributed by atoms with Crippen LogP contribution in [0.3, 0.4) is 0 Å². The molecule has 0 spiro atoms. The van der Waals surface area contributed by atoms with Gasteiger partial charge in [0.1, 0.15) is 11.5 Å². The Morgan fingerprint density at radius 3 is 2.64 bits per heavy atom. The standard InChI is InChI=1S/C25H27N5O3/c1-5-13-32-19-8-10-20(11-9-19)33-25-18(7-6-12-26-25)15-27-24(31)21-14-16(2)28-23-22(21)17(3)29-30(23)4/h6-12,14H,5,13,15H2,1-4H3,(H,27,31). The van der Waals surface area contributed by atoms with Crippen LogP contribution < -0.4 is 14.8 Å². The molecule has 33 heavy (non-hydrogen) atoms. The lowest BCUT2D eigenvalue weighted by Gasteiger charge is -2.12. The molecule has 170 valence electrons. The van der Waals surface area contributed by atoms with Gasteiger partial charge in [0, 0.05) is 31.0 Å². The Morgan fingerprint density at radius 2 is 1.88 bits per heavy atom. The van der Waals surface area contributed by atoms with Crippen LogP contribution in [0.25, 0.3) is 11.0 Å². The van der Waals surface area contributed by atoms with Crippen molar-refractivity contribution in [1.82, 2.24) is 25.1 Å². The van der Waals surface area contributed by atoms with Gasteiger partial charge in [-0.1, -0.05) is 13.0 Å². The first-order valence-corrected chi connectivity index (χ1v) is 10.9. The van der Waals surface area contributed by atoms with Crippen LogP contribution in [0.2, 0.25) is 0 Å². The number of fused-ring (bicyclic) bond motifs is 1. The van der Waals surface area contributed by atoms with Crippen LogP contribution in [0.4, 0.5) is 0 Å². The van der Waals surface area contributed by atoms with Crippen molar-refractivity contribution in [2.24, 2.45) is 7.05 Å². The predicted molar refractivity (Wildman–Crippen MR) is 126 cm³/mol. The van der Waals surface area contributed by atoms with Gasteiger partial charge in [-0.05, 0) is 56.7 Å². The fourth-order valence-electron chi connectivity index (χ4n) is 3.61. The fraction of sp³-hybridized carbons (Fsp3) is 0.280. The van der Waals surface area contributed by atoms with E-state index in [4.69, 9.17) is 9.47 Å². The summed E-state index contributed by atoms with van der Waals surface area (Å²) in [6.07, 6.45) is 2.61. The fourth-order valence-corrected chi connectivity index (χ4v) is 3.61. The SMILES string of the molecule is CCCOc1ccc(Oc2ncccc2CNC(=O)c2cc(C)nc3c2c(C)nn3C)cc1. The third-order valence-electron chi connectivity index (χ3n) is 5.14. The van der Waals surface area contributed by atoms with Gasteiger partial charge in [0.15, 0.2) is 5.65 Å². The van der Waals surface area contributed by atoms with Gasteiger partial charge in [-0.3, -0.25) is 9.48 Å². The summed E-state index contributed by atoms with van der Waals surface area (Å²) in [5.41, 5.74) is 3.53. The lowest BCUT2D eigenvalue weighted by molar-refractivity contribution is 0.0952. The molecule has 0 saturated heterocycles. The molecular weight excluding hydrogens is 418 g/mol. The quantitative estimate of drug-likeness (QED) is 0.430. The number of pyridine rings is 2. The summed E-state index contributed by atoms with van der Waals surface area (Å²) in [4.78, 5) is 22.0. The second-order valence-corrected chi connectivity index (χ2v) is 7.79. The minimum absolute atomic E-state index is 0.200. The average molecular weight is 446 g/mol. The number of carbonyl (C=O) groups excluding carboxylic acids is 1. The number of aryl methyl sites for hydroxylation is 3.